The maximum Gasteiger partial charge on any atom is 0.332 e. The topological polar surface area (TPSA) is 111 Å². The smallest absolute Gasteiger partial charge is 0.332 e. The zero-order valence-corrected chi connectivity index (χ0v) is 24.7. The molecule has 0 spiro atoms. The van der Waals surface area contributed by atoms with Crippen LogP contribution in [0.3, 0.4) is 0 Å². The van der Waals surface area contributed by atoms with Gasteiger partial charge in [-0.3, -0.25) is 9.80 Å². The van der Waals surface area contributed by atoms with Gasteiger partial charge in [0.15, 0.2) is 5.13 Å². The molecule has 1 aromatic heterocycles. The first-order chi connectivity index (χ1) is 19.9. The van der Waals surface area contributed by atoms with Crippen LogP contribution >= 0.6 is 11.3 Å². The highest BCUT2D eigenvalue weighted by Crippen LogP contribution is 2.41. The van der Waals surface area contributed by atoms with Gasteiger partial charge in [-0.15, -0.1) is 0 Å². The van der Waals surface area contributed by atoms with E-state index in [2.05, 4.69) is 39.3 Å². The number of amides is 3. The molecule has 0 radical (unpaired) electrons. The molecule has 10 nitrogen and oxygen atoms in total. The minimum atomic E-state index is -0.425. The van der Waals surface area contributed by atoms with E-state index >= 15 is 0 Å². The summed E-state index contributed by atoms with van der Waals surface area (Å²) >= 11 is 1.45. The largest absolute Gasteiger partial charge is 0.375 e. The van der Waals surface area contributed by atoms with Gasteiger partial charge in [0.05, 0.1) is 29.3 Å². The fourth-order valence-corrected chi connectivity index (χ4v) is 7.00. The van der Waals surface area contributed by atoms with Crippen molar-refractivity contribution in [3.8, 4) is 0 Å². The molecule has 3 amide bonds. The van der Waals surface area contributed by atoms with Gasteiger partial charge in [0, 0.05) is 19.1 Å². The average molecular weight is 578 g/mol. The van der Waals surface area contributed by atoms with Crippen LogP contribution in [0.25, 0.3) is 10.2 Å². The van der Waals surface area contributed by atoms with Crippen LogP contribution < -0.4 is 11.1 Å². The van der Waals surface area contributed by atoms with Crippen molar-refractivity contribution < 1.29 is 14.3 Å². The Morgan fingerprint density at radius 2 is 2.00 bits per heavy atom. The molecule has 3 aliphatic heterocycles. The number of carbonyl (C=O) groups excluding carboxylic acids is 2. The number of epoxide rings is 1. The quantitative estimate of drug-likeness (QED) is 0.295. The predicted octanol–water partition coefficient (Wildman–Crippen LogP) is 3.64. The molecule has 4 atom stereocenters. The summed E-state index contributed by atoms with van der Waals surface area (Å²) in [5, 5.41) is 7.59. The number of benzene rings is 2. The van der Waals surface area contributed by atoms with Gasteiger partial charge in [-0.1, -0.05) is 67.1 Å². The Bertz CT molecular complexity index is 1400. The van der Waals surface area contributed by atoms with Crippen molar-refractivity contribution in [3.05, 3.63) is 59.7 Å². The van der Waals surface area contributed by atoms with Gasteiger partial charge in [-0.25, -0.2) is 14.7 Å². The molecule has 41 heavy (non-hydrogen) atoms. The number of hydrogen-bond donors (Lipinski definition) is 2. The molecule has 3 fully saturated rings. The van der Waals surface area contributed by atoms with Crippen molar-refractivity contribution >= 4 is 38.6 Å². The van der Waals surface area contributed by atoms with Crippen LogP contribution in [0, 0.1) is 0 Å². The van der Waals surface area contributed by atoms with Gasteiger partial charge in [0.25, 0.3) is 0 Å². The third-order valence-electron chi connectivity index (χ3n) is 8.18. The number of unbranched alkanes of at least 4 members (excludes halogenated alkanes) is 1. The van der Waals surface area contributed by atoms with E-state index in [1.165, 1.54) is 11.3 Å². The maximum atomic E-state index is 14.3. The number of ether oxygens (including phenoxy) is 1. The van der Waals surface area contributed by atoms with E-state index in [-0.39, 0.29) is 36.5 Å². The highest BCUT2D eigenvalue weighted by atomic mass is 32.1. The third kappa shape index (κ3) is 5.51. The molecule has 4 heterocycles. The number of thiazole rings is 1. The van der Waals surface area contributed by atoms with Crippen molar-refractivity contribution in [1.82, 2.24) is 30.1 Å². The number of rotatable bonds is 9. The first-order valence-electron chi connectivity index (χ1n) is 14.6. The molecule has 3 aromatic rings. The first-order valence-corrected chi connectivity index (χ1v) is 15.4. The van der Waals surface area contributed by atoms with Crippen LogP contribution in [-0.2, 0) is 22.5 Å². The zero-order chi connectivity index (χ0) is 28.7. The number of hydrogen-bond acceptors (Lipinski definition) is 8. The predicted molar refractivity (Wildman–Crippen MR) is 160 cm³/mol. The second kappa shape index (κ2) is 11.6. The Labute approximate surface area is 245 Å². The van der Waals surface area contributed by atoms with Crippen molar-refractivity contribution in [2.24, 2.45) is 0 Å². The molecule has 3 saturated heterocycles. The van der Waals surface area contributed by atoms with Gasteiger partial charge in [0.1, 0.15) is 18.5 Å². The van der Waals surface area contributed by atoms with Crippen molar-refractivity contribution in [1.29, 1.82) is 0 Å². The summed E-state index contributed by atoms with van der Waals surface area (Å²) in [4.78, 5) is 36.5. The number of para-hydroxylation sites is 1. The van der Waals surface area contributed by atoms with Gasteiger partial charge in [-0.05, 0) is 43.9 Å². The lowest BCUT2D eigenvalue weighted by atomic mass is 9.97. The lowest BCUT2D eigenvalue weighted by Gasteiger charge is -2.54. The van der Waals surface area contributed by atoms with E-state index in [0.717, 1.165) is 34.2 Å². The molecule has 0 bridgehead atoms. The minimum Gasteiger partial charge on any atom is -0.375 e. The molecule has 0 saturated carbocycles. The lowest BCUT2D eigenvalue weighted by molar-refractivity contribution is -0.179. The van der Waals surface area contributed by atoms with E-state index in [0.29, 0.717) is 37.7 Å². The SMILES string of the molecule is CCCCNC(=O)N(C(C)C)N1CC2OC2N2[C@@H](Cc3ccccc3)C(=O)N(Cc3cccc4sc(N)nc34)C[C@@H]21. The highest BCUT2D eigenvalue weighted by Gasteiger charge is 2.60. The van der Waals surface area contributed by atoms with Gasteiger partial charge >= 0.3 is 6.03 Å². The van der Waals surface area contributed by atoms with Crippen LogP contribution in [0.15, 0.2) is 48.5 Å². The molecular weight excluding hydrogens is 538 g/mol. The van der Waals surface area contributed by atoms with Crippen LogP contribution in [0.4, 0.5) is 9.93 Å². The fraction of sp³-hybridized carbons (Fsp3) is 0.500. The van der Waals surface area contributed by atoms with Crippen LogP contribution in [0.2, 0.25) is 0 Å². The number of piperazine rings is 1. The molecular formula is C30H39N7O3S. The van der Waals surface area contributed by atoms with Gasteiger partial charge in [0.2, 0.25) is 5.91 Å². The number of nitrogen functional groups attached to an aromatic ring is 1. The number of aromatic nitrogens is 1. The van der Waals surface area contributed by atoms with E-state index < -0.39 is 6.04 Å². The van der Waals surface area contributed by atoms with Gasteiger partial charge < -0.3 is 20.7 Å². The monoisotopic (exact) mass is 577 g/mol. The fourth-order valence-electron chi connectivity index (χ4n) is 6.22. The number of nitrogens with two attached hydrogens (primary N) is 1. The zero-order valence-electron chi connectivity index (χ0n) is 23.9. The standard InChI is InChI=1S/C30H39N7O3S/c1-4-5-14-32-30(39)37(19(2)3)35-17-23-28(40-23)36-22(15-20-10-7-6-8-11-20)27(38)34(18-25(35)36)16-21-12-9-13-24-26(21)33-29(31)41-24/h6-13,19,22-23,25,28H,4-5,14-18H2,1-3H3,(H2,31,33)(H,32,39)/t22-,23?,25+,28?/m0/s1. The van der Waals surface area contributed by atoms with E-state index in [1.807, 2.05) is 60.2 Å². The second-order valence-corrected chi connectivity index (χ2v) is 12.4. The van der Waals surface area contributed by atoms with Crippen LogP contribution in [0.5, 0.6) is 0 Å². The number of fused-ring (bicyclic) bond motifs is 4. The molecule has 11 heteroatoms. The van der Waals surface area contributed by atoms with E-state index in [1.54, 1.807) is 0 Å². The summed E-state index contributed by atoms with van der Waals surface area (Å²) in [6, 6.07) is 15.5. The minimum absolute atomic E-state index is 0.0414. The lowest BCUT2D eigenvalue weighted by Crippen LogP contribution is -2.74. The first kappa shape index (κ1) is 27.9. The molecule has 3 aliphatic rings. The van der Waals surface area contributed by atoms with E-state index in [9.17, 15) is 9.59 Å². The Balaban J connectivity index is 1.35. The summed E-state index contributed by atoms with van der Waals surface area (Å²) in [6.45, 7) is 8.27. The summed E-state index contributed by atoms with van der Waals surface area (Å²) < 4.78 is 7.16. The number of hydrazine groups is 1. The number of urea groups is 1. The molecule has 6 rings (SSSR count). The van der Waals surface area contributed by atoms with Crippen LogP contribution in [-0.4, -0.2) is 87.0 Å². The maximum absolute atomic E-state index is 14.3. The number of anilines is 1. The summed E-state index contributed by atoms with van der Waals surface area (Å²) in [7, 11) is 0. The van der Waals surface area contributed by atoms with Crippen LogP contribution in [0.1, 0.15) is 44.7 Å². The van der Waals surface area contributed by atoms with Crippen molar-refractivity contribution in [2.75, 3.05) is 25.4 Å². The Morgan fingerprint density at radius 1 is 1.20 bits per heavy atom. The Hall–Kier alpha value is -3.25. The summed E-state index contributed by atoms with van der Waals surface area (Å²) in [6.07, 6.45) is 2.11. The molecule has 2 unspecified atom stereocenters. The summed E-state index contributed by atoms with van der Waals surface area (Å²) in [5.41, 5.74) is 8.95. The molecule has 218 valence electrons. The second-order valence-electron chi connectivity index (χ2n) is 11.4. The molecule has 3 N–H and O–H groups in total. The summed E-state index contributed by atoms with van der Waals surface area (Å²) in [5.74, 6) is 0.0601. The molecule has 2 aromatic carbocycles. The Morgan fingerprint density at radius 3 is 2.76 bits per heavy atom. The highest BCUT2D eigenvalue weighted by molar-refractivity contribution is 7.22. The normalized spacial score (nSPS) is 24.4. The number of nitrogens with one attached hydrogen (secondary N) is 1. The molecule has 0 aliphatic carbocycles. The van der Waals surface area contributed by atoms with E-state index in [4.69, 9.17) is 10.5 Å². The number of nitrogens with zero attached hydrogens (tertiary/aromatic N) is 5. The van der Waals surface area contributed by atoms with Gasteiger partial charge in [-0.2, -0.15) is 5.01 Å². The Kier molecular flexibility index (Phi) is 7.86. The average Bonchev–Trinajstić information content (AvgIpc) is 3.62. The number of carbonyl (C=O) groups is 2. The third-order valence-corrected chi connectivity index (χ3v) is 9.03. The van der Waals surface area contributed by atoms with Crippen molar-refractivity contribution in [2.45, 2.75) is 77.2 Å². The van der Waals surface area contributed by atoms with Crippen molar-refractivity contribution in [3.63, 3.8) is 0 Å².